The molecule has 20 heavy (non-hydrogen) atoms. The Balaban J connectivity index is 2.34. The van der Waals surface area contributed by atoms with Crippen molar-refractivity contribution in [2.24, 2.45) is 0 Å². The molecule has 0 unspecified atom stereocenters. The molecule has 0 fully saturated rings. The third-order valence-electron chi connectivity index (χ3n) is 2.97. The van der Waals surface area contributed by atoms with E-state index in [1.54, 1.807) is 37.6 Å². The fourth-order valence-corrected chi connectivity index (χ4v) is 1.90. The Morgan fingerprint density at radius 3 is 2.80 bits per heavy atom. The van der Waals surface area contributed by atoms with Gasteiger partial charge < -0.3 is 10.6 Å². The van der Waals surface area contributed by atoms with E-state index in [2.05, 4.69) is 21.7 Å². The maximum atomic E-state index is 12.3. The van der Waals surface area contributed by atoms with Gasteiger partial charge in [0.25, 0.3) is 5.91 Å². The van der Waals surface area contributed by atoms with Crippen LogP contribution in [0.4, 0.5) is 11.4 Å². The van der Waals surface area contributed by atoms with E-state index >= 15 is 0 Å². The number of nitrogens with one attached hydrogen (secondary N) is 2. The van der Waals surface area contributed by atoms with E-state index in [4.69, 9.17) is 5.26 Å². The van der Waals surface area contributed by atoms with Crippen LogP contribution in [0.5, 0.6) is 0 Å². The Hall–Kier alpha value is -2.87. The summed E-state index contributed by atoms with van der Waals surface area (Å²) >= 11 is 0. The van der Waals surface area contributed by atoms with E-state index in [-0.39, 0.29) is 5.91 Å². The normalized spacial score (nSPS) is 9.65. The maximum Gasteiger partial charge on any atom is 0.257 e. The summed E-state index contributed by atoms with van der Waals surface area (Å²) in [6.07, 6.45) is 3.13. The number of hydrogen-bond acceptors (Lipinski definition) is 4. The standard InChI is InChI=1S/C15H14N4O/c1-10-4-3-5-13(12(10)8-16)19-15(20)11-6-7-18-9-14(11)17-2/h3-7,9,17H,1-2H3,(H,19,20). The molecule has 2 rings (SSSR count). The van der Waals surface area contributed by atoms with Gasteiger partial charge in [-0.3, -0.25) is 9.78 Å². The molecule has 0 radical (unpaired) electrons. The first-order valence-electron chi connectivity index (χ1n) is 6.10. The van der Waals surface area contributed by atoms with Gasteiger partial charge in [-0.2, -0.15) is 5.26 Å². The summed E-state index contributed by atoms with van der Waals surface area (Å²) in [5.41, 5.74) is 2.93. The van der Waals surface area contributed by atoms with Crippen molar-refractivity contribution in [1.82, 2.24) is 4.98 Å². The number of carbonyl (C=O) groups excluding carboxylic acids is 1. The van der Waals surface area contributed by atoms with Gasteiger partial charge in [0.15, 0.2) is 0 Å². The van der Waals surface area contributed by atoms with Crippen LogP contribution in [0.3, 0.4) is 0 Å². The summed E-state index contributed by atoms with van der Waals surface area (Å²) in [5, 5.41) is 14.8. The molecular formula is C15H14N4O. The number of pyridine rings is 1. The zero-order valence-corrected chi connectivity index (χ0v) is 11.3. The number of rotatable bonds is 3. The van der Waals surface area contributed by atoms with E-state index in [0.717, 1.165) is 5.56 Å². The molecule has 0 spiro atoms. The van der Waals surface area contributed by atoms with Gasteiger partial charge in [0.05, 0.1) is 28.7 Å². The average Bonchev–Trinajstić information content (AvgIpc) is 2.47. The first-order valence-corrected chi connectivity index (χ1v) is 6.10. The van der Waals surface area contributed by atoms with Crippen molar-refractivity contribution in [2.45, 2.75) is 6.92 Å². The predicted octanol–water partition coefficient (Wildman–Crippen LogP) is 2.56. The highest BCUT2D eigenvalue weighted by molar-refractivity contribution is 6.08. The lowest BCUT2D eigenvalue weighted by Gasteiger charge is -2.11. The van der Waals surface area contributed by atoms with Gasteiger partial charge in [0, 0.05) is 13.2 Å². The smallest absolute Gasteiger partial charge is 0.257 e. The summed E-state index contributed by atoms with van der Waals surface area (Å²) in [7, 11) is 1.72. The molecule has 5 heteroatoms. The zero-order valence-electron chi connectivity index (χ0n) is 11.3. The predicted molar refractivity (Wildman–Crippen MR) is 77.6 cm³/mol. The lowest BCUT2D eigenvalue weighted by molar-refractivity contribution is 0.102. The number of anilines is 2. The summed E-state index contributed by atoms with van der Waals surface area (Å²) in [5.74, 6) is -0.279. The Kier molecular flexibility index (Phi) is 3.96. The van der Waals surface area contributed by atoms with Crippen LogP contribution in [0.1, 0.15) is 21.5 Å². The molecule has 1 amide bonds. The summed E-state index contributed by atoms with van der Waals surface area (Å²) in [6, 6.07) is 9.08. The maximum absolute atomic E-state index is 12.3. The number of aryl methyl sites for hydroxylation is 1. The van der Waals surface area contributed by atoms with Crippen LogP contribution < -0.4 is 10.6 Å². The molecule has 1 heterocycles. The van der Waals surface area contributed by atoms with E-state index in [1.165, 1.54) is 0 Å². The van der Waals surface area contributed by atoms with Gasteiger partial charge in [0.2, 0.25) is 0 Å². The zero-order chi connectivity index (χ0) is 14.5. The molecular weight excluding hydrogens is 252 g/mol. The molecule has 1 aromatic heterocycles. The van der Waals surface area contributed by atoms with Gasteiger partial charge in [-0.25, -0.2) is 0 Å². The topological polar surface area (TPSA) is 77.8 Å². The van der Waals surface area contributed by atoms with Crippen molar-refractivity contribution >= 4 is 17.3 Å². The molecule has 2 aromatic rings. The lowest BCUT2D eigenvalue weighted by atomic mass is 10.1. The lowest BCUT2D eigenvalue weighted by Crippen LogP contribution is -2.15. The highest BCUT2D eigenvalue weighted by Gasteiger charge is 2.13. The second-order valence-corrected chi connectivity index (χ2v) is 4.23. The molecule has 0 aliphatic rings. The van der Waals surface area contributed by atoms with Crippen molar-refractivity contribution in [3.63, 3.8) is 0 Å². The van der Waals surface area contributed by atoms with Crippen LogP contribution in [0.15, 0.2) is 36.7 Å². The third kappa shape index (κ3) is 2.59. The minimum Gasteiger partial charge on any atom is -0.386 e. The number of hydrogen-bond donors (Lipinski definition) is 2. The minimum atomic E-state index is -0.279. The van der Waals surface area contributed by atoms with Gasteiger partial charge >= 0.3 is 0 Å². The second kappa shape index (κ2) is 5.85. The largest absolute Gasteiger partial charge is 0.386 e. The van der Waals surface area contributed by atoms with E-state index < -0.39 is 0 Å². The van der Waals surface area contributed by atoms with Crippen LogP contribution in [-0.2, 0) is 0 Å². The van der Waals surface area contributed by atoms with Crippen LogP contribution in [0, 0.1) is 18.3 Å². The average molecular weight is 266 g/mol. The van der Waals surface area contributed by atoms with Crippen molar-refractivity contribution in [3.05, 3.63) is 53.3 Å². The first-order chi connectivity index (χ1) is 9.67. The van der Waals surface area contributed by atoms with Crippen LogP contribution in [0.2, 0.25) is 0 Å². The molecule has 0 atom stereocenters. The van der Waals surface area contributed by atoms with E-state index in [1.807, 2.05) is 13.0 Å². The molecule has 0 aliphatic carbocycles. The van der Waals surface area contributed by atoms with Crippen molar-refractivity contribution in [1.29, 1.82) is 5.26 Å². The van der Waals surface area contributed by atoms with Gasteiger partial charge in [-0.1, -0.05) is 12.1 Å². The Labute approximate surface area is 117 Å². The Bertz CT molecular complexity index is 689. The van der Waals surface area contributed by atoms with Crippen molar-refractivity contribution < 1.29 is 4.79 Å². The Morgan fingerprint density at radius 1 is 1.30 bits per heavy atom. The third-order valence-corrected chi connectivity index (χ3v) is 2.97. The fraction of sp³-hybridized carbons (Fsp3) is 0.133. The van der Waals surface area contributed by atoms with Crippen molar-refractivity contribution in [2.75, 3.05) is 17.7 Å². The second-order valence-electron chi connectivity index (χ2n) is 4.23. The first kappa shape index (κ1) is 13.6. The number of aromatic nitrogens is 1. The van der Waals surface area contributed by atoms with Gasteiger partial charge in [0.1, 0.15) is 6.07 Å². The highest BCUT2D eigenvalue weighted by atomic mass is 16.1. The molecule has 0 aliphatic heterocycles. The molecule has 100 valence electrons. The number of carbonyl (C=O) groups is 1. The van der Waals surface area contributed by atoms with Crippen molar-refractivity contribution in [3.8, 4) is 6.07 Å². The number of nitriles is 1. The molecule has 1 aromatic carbocycles. The SMILES string of the molecule is CNc1cnccc1C(=O)Nc1cccc(C)c1C#N. The van der Waals surface area contributed by atoms with E-state index in [9.17, 15) is 4.79 Å². The van der Waals surface area contributed by atoms with Crippen LogP contribution in [-0.4, -0.2) is 17.9 Å². The van der Waals surface area contributed by atoms with Gasteiger partial charge in [-0.05, 0) is 24.6 Å². The van der Waals surface area contributed by atoms with Crippen LogP contribution in [0.25, 0.3) is 0 Å². The van der Waals surface area contributed by atoms with Gasteiger partial charge in [-0.15, -0.1) is 0 Å². The number of benzene rings is 1. The summed E-state index contributed by atoms with van der Waals surface area (Å²) in [4.78, 5) is 16.2. The Morgan fingerprint density at radius 2 is 2.10 bits per heavy atom. The molecule has 5 nitrogen and oxygen atoms in total. The monoisotopic (exact) mass is 266 g/mol. The minimum absolute atomic E-state index is 0.279. The highest BCUT2D eigenvalue weighted by Crippen LogP contribution is 2.20. The quantitative estimate of drug-likeness (QED) is 0.895. The molecule has 0 saturated carbocycles. The molecule has 2 N–H and O–H groups in total. The van der Waals surface area contributed by atoms with Crippen LogP contribution >= 0.6 is 0 Å². The fourth-order valence-electron chi connectivity index (χ4n) is 1.90. The molecule has 0 saturated heterocycles. The summed E-state index contributed by atoms with van der Waals surface area (Å²) in [6.45, 7) is 1.83. The number of nitrogens with zero attached hydrogens (tertiary/aromatic N) is 2. The summed E-state index contributed by atoms with van der Waals surface area (Å²) < 4.78 is 0. The van der Waals surface area contributed by atoms with E-state index in [0.29, 0.717) is 22.5 Å². The number of amides is 1. The molecule has 0 bridgehead atoms.